The van der Waals surface area contributed by atoms with Gasteiger partial charge in [-0.3, -0.25) is 4.90 Å². The standard InChI is InChI=1S/C15H27F3N2O/c1-2-6-19-12-9-13-4-3-5-14(10-12)20(13)7-8-21-11-15(16,17)18/h12-14,19H,2-11H2,1H3. The first-order valence-electron chi connectivity index (χ1n) is 8.13. The molecule has 2 rings (SSSR count). The van der Waals surface area contributed by atoms with Crippen molar-refractivity contribution in [2.75, 3.05) is 26.3 Å². The molecule has 2 aliphatic heterocycles. The second kappa shape index (κ2) is 7.79. The van der Waals surface area contributed by atoms with Crippen molar-refractivity contribution >= 4 is 0 Å². The number of nitrogens with zero attached hydrogens (tertiary/aromatic N) is 1. The minimum Gasteiger partial charge on any atom is -0.371 e. The third kappa shape index (κ3) is 5.42. The quantitative estimate of drug-likeness (QED) is 0.732. The summed E-state index contributed by atoms with van der Waals surface area (Å²) in [4.78, 5) is 2.39. The summed E-state index contributed by atoms with van der Waals surface area (Å²) < 4.78 is 41.0. The van der Waals surface area contributed by atoms with Gasteiger partial charge in [0.2, 0.25) is 0 Å². The Morgan fingerprint density at radius 1 is 1.19 bits per heavy atom. The maximum Gasteiger partial charge on any atom is 0.411 e. The maximum absolute atomic E-state index is 12.1. The number of hydrogen-bond acceptors (Lipinski definition) is 3. The molecule has 2 saturated heterocycles. The van der Waals surface area contributed by atoms with Gasteiger partial charge in [-0.05, 0) is 38.6 Å². The Morgan fingerprint density at radius 3 is 2.43 bits per heavy atom. The van der Waals surface area contributed by atoms with Crippen LogP contribution in [-0.4, -0.2) is 55.5 Å². The molecule has 2 bridgehead atoms. The fourth-order valence-corrected chi connectivity index (χ4v) is 3.72. The number of ether oxygens (including phenoxy) is 1. The molecule has 2 heterocycles. The van der Waals surface area contributed by atoms with Gasteiger partial charge in [-0.15, -0.1) is 0 Å². The van der Waals surface area contributed by atoms with Gasteiger partial charge in [0.05, 0.1) is 6.61 Å². The molecule has 0 aliphatic carbocycles. The van der Waals surface area contributed by atoms with E-state index in [4.69, 9.17) is 4.74 Å². The molecule has 124 valence electrons. The monoisotopic (exact) mass is 308 g/mol. The average Bonchev–Trinajstić information content (AvgIpc) is 2.40. The smallest absolute Gasteiger partial charge is 0.371 e. The second-order valence-electron chi connectivity index (χ2n) is 6.27. The van der Waals surface area contributed by atoms with E-state index in [1.807, 2.05) is 0 Å². The first kappa shape index (κ1) is 17.0. The van der Waals surface area contributed by atoms with Crippen LogP contribution in [0.15, 0.2) is 0 Å². The molecule has 0 aromatic heterocycles. The Balaban J connectivity index is 1.76. The van der Waals surface area contributed by atoms with Crippen molar-refractivity contribution in [2.45, 2.75) is 69.8 Å². The molecule has 2 fully saturated rings. The minimum atomic E-state index is -4.22. The SMILES string of the molecule is CCCNC1CC2CCCC(C1)N2CCOCC(F)(F)F. The molecule has 2 aliphatic rings. The first-order valence-corrected chi connectivity index (χ1v) is 8.13. The second-order valence-corrected chi connectivity index (χ2v) is 6.27. The molecule has 0 aromatic rings. The predicted octanol–water partition coefficient (Wildman–Crippen LogP) is 2.95. The molecule has 1 N–H and O–H groups in total. The van der Waals surface area contributed by atoms with E-state index in [1.54, 1.807) is 0 Å². The fraction of sp³-hybridized carbons (Fsp3) is 1.00. The molecule has 6 heteroatoms. The van der Waals surface area contributed by atoms with Crippen LogP contribution in [0.2, 0.25) is 0 Å². The zero-order chi connectivity index (χ0) is 15.3. The van der Waals surface area contributed by atoms with Gasteiger partial charge in [-0.25, -0.2) is 0 Å². The van der Waals surface area contributed by atoms with Crippen molar-refractivity contribution in [2.24, 2.45) is 0 Å². The van der Waals surface area contributed by atoms with E-state index >= 15 is 0 Å². The number of fused-ring (bicyclic) bond motifs is 2. The highest BCUT2D eigenvalue weighted by molar-refractivity contribution is 4.94. The van der Waals surface area contributed by atoms with Crippen molar-refractivity contribution in [3.63, 3.8) is 0 Å². The molecule has 3 nitrogen and oxygen atoms in total. The van der Waals surface area contributed by atoms with Crippen molar-refractivity contribution in [1.29, 1.82) is 0 Å². The summed E-state index contributed by atoms with van der Waals surface area (Å²) in [6.45, 7) is 2.90. The molecular weight excluding hydrogens is 281 g/mol. The fourth-order valence-electron chi connectivity index (χ4n) is 3.72. The van der Waals surface area contributed by atoms with Crippen molar-refractivity contribution in [3.8, 4) is 0 Å². The van der Waals surface area contributed by atoms with E-state index in [-0.39, 0.29) is 6.61 Å². The van der Waals surface area contributed by atoms with Crippen LogP contribution < -0.4 is 5.32 Å². The van der Waals surface area contributed by atoms with Gasteiger partial charge in [0.25, 0.3) is 0 Å². The summed E-state index contributed by atoms with van der Waals surface area (Å²) in [5.74, 6) is 0. The van der Waals surface area contributed by atoms with Gasteiger partial charge in [0.1, 0.15) is 6.61 Å². The van der Waals surface area contributed by atoms with E-state index in [1.165, 1.54) is 19.3 Å². The molecule has 2 unspecified atom stereocenters. The Bertz CT molecular complexity index is 298. The lowest BCUT2D eigenvalue weighted by atomic mass is 9.81. The molecule has 0 radical (unpaired) electrons. The molecule has 0 aromatic carbocycles. The molecule has 21 heavy (non-hydrogen) atoms. The highest BCUT2D eigenvalue weighted by Crippen LogP contribution is 2.33. The van der Waals surface area contributed by atoms with Gasteiger partial charge in [0.15, 0.2) is 0 Å². The molecule has 2 atom stereocenters. The Labute approximate surface area is 125 Å². The minimum absolute atomic E-state index is 0.180. The number of nitrogens with one attached hydrogen (secondary N) is 1. The highest BCUT2D eigenvalue weighted by atomic mass is 19.4. The summed E-state index contributed by atoms with van der Waals surface area (Å²) in [5.41, 5.74) is 0. The Hall–Kier alpha value is -0.330. The van der Waals surface area contributed by atoms with Crippen molar-refractivity contribution in [1.82, 2.24) is 10.2 Å². The van der Waals surface area contributed by atoms with Gasteiger partial charge in [0, 0.05) is 24.7 Å². The van der Waals surface area contributed by atoms with Crippen LogP contribution in [0.5, 0.6) is 0 Å². The van der Waals surface area contributed by atoms with Crippen LogP contribution >= 0.6 is 0 Å². The predicted molar refractivity (Wildman–Crippen MR) is 76.3 cm³/mol. The third-order valence-electron chi connectivity index (χ3n) is 4.57. The lowest BCUT2D eigenvalue weighted by Crippen LogP contribution is -2.57. The molecular formula is C15H27F3N2O. The van der Waals surface area contributed by atoms with Gasteiger partial charge in [-0.1, -0.05) is 13.3 Å². The highest BCUT2D eigenvalue weighted by Gasteiger charge is 2.37. The van der Waals surface area contributed by atoms with Crippen LogP contribution in [0.4, 0.5) is 13.2 Å². The van der Waals surface area contributed by atoms with Crippen molar-refractivity contribution in [3.05, 3.63) is 0 Å². The molecule has 0 saturated carbocycles. The number of hydrogen-bond donors (Lipinski definition) is 1. The largest absolute Gasteiger partial charge is 0.411 e. The number of halogens is 3. The molecule has 0 amide bonds. The summed E-state index contributed by atoms with van der Waals surface area (Å²) in [7, 11) is 0. The van der Waals surface area contributed by atoms with Gasteiger partial charge >= 0.3 is 6.18 Å². The summed E-state index contributed by atoms with van der Waals surface area (Å²) in [5, 5.41) is 3.60. The Kier molecular flexibility index (Phi) is 6.32. The van der Waals surface area contributed by atoms with Gasteiger partial charge < -0.3 is 10.1 Å². The van der Waals surface area contributed by atoms with Crippen LogP contribution in [0.25, 0.3) is 0 Å². The van der Waals surface area contributed by atoms with E-state index in [2.05, 4.69) is 17.1 Å². The zero-order valence-electron chi connectivity index (χ0n) is 12.8. The summed E-state index contributed by atoms with van der Waals surface area (Å²) in [6, 6.07) is 1.61. The topological polar surface area (TPSA) is 24.5 Å². The van der Waals surface area contributed by atoms with Crippen LogP contribution in [0.1, 0.15) is 45.4 Å². The lowest BCUT2D eigenvalue weighted by Gasteiger charge is -2.49. The van der Waals surface area contributed by atoms with Crippen LogP contribution in [0.3, 0.4) is 0 Å². The summed E-state index contributed by atoms with van der Waals surface area (Å²) >= 11 is 0. The number of alkyl halides is 3. The summed E-state index contributed by atoms with van der Waals surface area (Å²) in [6.07, 6.45) is 2.75. The lowest BCUT2D eigenvalue weighted by molar-refractivity contribution is -0.175. The maximum atomic E-state index is 12.1. The first-order chi connectivity index (χ1) is 9.99. The number of piperidine rings is 2. The van der Waals surface area contributed by atoms with E-state index in [0.717, 1.165) is 25.8 Å². The zero-order valence-corrected chi connectivity index (χ0v) is 12.8. The van der Waals surface area contributed by atoms with E-state index in [0.29, 0.717) is 24.7 Å². The molecule has 0 spiro atoms. The van der Waals surface area contributed by atoms with E-state index < -0.39 is 12.8 Å². The van der Waals surface area contributed by atoms with Crippen molar-refractivity contribution < 1.29 is 17.9 Å². The average molecular weight is 308 g/mol. The van der Waals surface area contributed by atoms with Gasteiger partial charge in [-0.2, -0.15) is 13.2 Å². The van der Waals surface area contributed by atoms with E-state index in [9.17, 15) is 13.2 Å². The number of rotatable bonds is 7. The van der Waals surface area contributed by atoms with Crippen LogP contribution in [0, 0.1) is 0 Å². The Morgan fingerprint density at radius 2 is 1.86 bits per heavy atom. The normalized spacial score (nSPS) is 30.6. The third-order valence-corrected chi connectivity index (χ3v) is 4.57. The van der Waals surface area contributed by atoms with Crippen LogP contribution in [-0.2, 0) is 4.74 Å².